The van der Waals surface area contributed by atoms with Crippen molar-refractivity contribution < 1.29 is 0 Å². The first-order valence-electron chi connectivity index (χ1n) is 4.63. The molecule has 2 N–H and O–H groups in total. The van der Waals surface area contributed by atoms with Gasteiger partial charge in [0.15, 0.2) is 0 Å². The van der Waals surface area contributed by atoms with Gasteiger partial charge < -0.3 is 5.73 Å². The Bertz CT molecular complexity index is 295. The van der Waals surface area contributed by atoms with E-state index in [1.165, 1.54) is 5.56 Å². The minimum Gasteiger partial charge on any atom is -0.330 e. The Morgan fingerprint density at radius 1 is 1.23 bits per heavy atom. The Morgan fingerprint density at radius 3 is 2.38 bits per heavy atom. The summed E-state index contributed by atoms with van der Waals surface area (Å²) in [7, 11) is 0. The minimum absolute atomic E-state index is 0.156. The number of aromatic nitrogens is 1. The summed E-state index contributed by atoms with van der Waals surface area (Å²) in [6.45, 7) is 0.712. The number of allylic oxidation sites excluding steroid dienone is 2. The molecule has 1 heterocycles. The van der Waals surface area contributed by atoms with Gasteiger partial charge in [-0.2, -0.15) is 0 Å². The van der Waals surface area contributed by atoms with Gasteiger partial charge in [0.25, 0.3) is 0 Å². The summed E-state index contributed by atoms with van der Waals surface area (Å²) in [5.41, 5.74) is 7.31. The normalized spacial score (nSPS) is 19.2. The van der Waals surface area contributed by atoms with Crippen molar-refractivity contribution in [1.82, 2.24) is 4.98 Å². The molecule has 0 amide bonds. The zero-order valence-electron chi connectivity index (χ0n) is 7.61. The summed E-state index contributed by atoms with van der Waals surface area (Å²) in [6.07, 6.45) is 10.2. The number of pyridine rings is 1. The number of nitrogens with zero attached hydrogens (tertiary/aromatic N) is 1. The third kappa shape index (κ3) is 1.38. The van der Waals surface area contributed by atoms with Gasteiger partial charge in [-0.1, -0.05) is 12.2 Å². The average Bonchev–Trinajstić information content (AvgIpc) is 2.69. The molecule has 1 aromatic heterocycles. The fourth-order valence-corrected chi connectivity index (χ4v) is 1.93. The van der Waals surface area contributed by atoms with Crippen LogP contribution in [-0.2, 0) is 5.41 Å². The first kappa shape index (κ1) is 8.45. The lowest BCUT2D eigenvalue weighted by molar-refractivity contribution is 0.470. The lowest BCUT2D eigenvalue weighted by Gasteiger charge is -2.27. The highest BCUT2D eigenvalue weighted by atomic mass is 14.6. The predicted octanol–water partition coefficient (Wildman–Crippen LogP) is 1.63. The Balaban J connectivity index is 2.32. The van der Waals surface area contributed by atoms with E-state index in [4.69, 9.17) is 5.73 Å². The van der Waals surface area contributed by atoms with Crippen LogP contribution in [0.25, 0.3) is 0 Å². The van der Waals surface area contributed by atoms with E-state index in [0.29, 0.717) is 6.54 Å². The molecular weight excluding hydrogens is 160 g/mol. The molecule has 0 fully saturated rings. The van der Waals surface area contributed by atoms with Crippen LogP contribution in [0.1, 0.15) is 18.4 Å². The van der Waals surface area contributed by atoms with Crippen molar-refractivity contribution in [3.8, 4) is 0 Å². The summed E-state index contributed by atoms with van der Waals surface area (Å²) < 4.78 is 0. The Labute approximate surface area is 78.5 Å². The van der Waals surface area contributed by atoms with Crippen LogP contribution in [0.4, 0.5) is 0 Å². The third-order valence-corrected chi connectivity index (χ3v) is 2.87. The maximum Gasteiger partial charge on any atom is 0.0270 e. The van der Waals surface area contributed by atoms with Crippen molar-refractivity contribution in [2.45, 2.75) is 18.3 Å². The molecule has 68 valence electrons. The number of rotatable bonds is 2. The molecule has 13 heavy (non-hydrogen) atoms. The Hall–Kier alpha value is -1.15. The first-order chi connectivity index (χ1) is 6.37. The zero-order chi connectivity index (χ0) is 9.15. The highest BCUT2D eigenvalue weighted by Crippen LogP contribution is 2.35. The van der Waals surface area contributed by atoms with Gasteiger partial charge in [-0.05, 0) is 30.5 Å². The van der Waals surface area contributed by atoms with Gasteiger partial charge in [0.1, 0.15) is 0 Å². The van der Waals surface area contributed by atoms with E-state index in [1.807, 2.05) is 12.4 Å². The van der Waals surface area contributed by atoms with E-state index < -0.39 is 0 Å². The molecule has 0 unspecified atom stereocenters. The topological polar surface area (TPSA) is 38.9 Å². The SMILES string of the molecule is NCC1(c2ccncc2)CC=CC1. The van der Waals surface area contributed by atoms with Crippen molar-refractivity contribution >= 4 is 0 Å². The van der Waals surface area contributed by atoms with E-state index in [9.17, 15) is 0 Å². The van der Waals surface area contributed by atoms with Gasteiger partial charge in [0, 0.05) is 24.4 Å². The second-order valence-corrected chi connectivity index (χ2v) is 3.60. The molecular formula is C11H14N2. The number of nitrogens with two attached hydrogens (primary N) is 1. The standard InChI is InChI=1S/C11H14N2/c12-9-11(5-1-2-6-11)10-3-7-13-8-4-10/h1-4,7-8H,5-6,9,12H2. The lowest BCUT2D eigenvalue weighted by Crippen LogP contribution is -2.32. The maximum atomic E-state index is 5.84. The molecule has 1 aromatic rings. The quantitative estimate of drug-likeness (QED) is 0.692. The van der Waals surface area contributed by atoms with Crippen LogP contribution in [0.2, 0.25) is 0 Å². The van der Waals surface area contributed by atoms with Crippen molar-refractivity contribution in [3.05, 3.63) is 42.2 Å². The van der Waals surface area contributed by atoms with E-state index in [-0.39, 0.29) is 5.41 Å². The van der Waals surface area contributed by atoms with Gasteiger partial charge in [-0.15, -0.1) is 0 Å². The van der Waals surface area contributed by atoms with Crippen LogP contribution in [0.5, 0.6) is 0 Å². The molecule has 2 rings (SSSR count). The zero-order valence-corrected chi connectivity index (χ0v) is 7.61. The molecule has 1 aliphatic rings. The van der Waals surface area contributed by atoms with Gasteiger partial charge >= 0.3 is 0 Å². The molecule has 0 spiro atoms. The maximum absolute atomic E-state index is 5.84. The monoisotopic (exact) mass is 174 g/mol. The van der Waals surface area contributed by atoms with Gasteiger partial charge in [-0.25, -0.2) is 0 Å². The summed E-state index contributed by atoms with van der Waals surface area (Å²) in [6, 6.07) is 4.14. The third-order valence-electron chi connectivity index (χ3n) is 2.87. The minimum atomic E-state index is 0.156. The van der Waals surface area contributed by atoms with Crippen molar-refractivity contribution in [2.75, 3.05) is 6.54 Å². The van der Waals surface area contributed by atoms with Crippen LogP contribution in [0, 0.1) is 0 Å². The molecule has 1 aliphatic carbocycles. The van der Waals surface area contributed by atoms with Gasteiger partial charge in [-0.3, -0.25) is 4.98 Å². The number of hydrogen-bond donors (Lipinski definition) is 1. The largest absolute Gasteiger partial charge is 0.330 e. The Kier molecular flexibility index (Phi) is 2.15. The summed E-state index contributed by atoms with van der Waals surface area (Å²) in [5.74, 6) is 0. The fourth-order valence-electron chi connectivity index (χ4n) is 1.93. The summed E-state index contributed by atoms with van der Waals surface area (Å²) in [5, 5.41) is 0. The molecule has 2 heteroatoms. The van der Waals surface area contributed by atoms with E-state index in [0.717, 1.165) is 12.8 Å². The molecule has 0 atom stereocenters. The molecule has 0 saturated carbocycles. The van der Waals surface area contributed by atoms with Crippen LogP contribution < -0.4 is 5.73 Å². The molecule has 0 radical (unpaired) electrons. The molecule has 0 saturated heterocycles. The van der Waals surface area contributed by atoms with E-state index in [2.05, 4.69) is 29.3 Å². The Morgan fingerprint density at radius 2 is 1.85 bits per heavy atom. The van der Waals surface area contributed by atoms with Crippen molar-refractivity contribution in [1.29, 1.82) is 0 Å². The van der Waals surface area contributed by atoms with Gasteiger partial charge in [0.2, 0.25) is 0 Å². The van der Waals surface area contributed by atoms with Crippen molar-refractivity contribution in [3.63, 3.8) is 0 Å². The average molecular weight is 174 g/mol. The van der Waals surface area contributed by atoms with Crippen LogP contribution in [0.3, 0.4) is 0 Å². The molecule has 2 nitrogen and oxygen atoms in total. The highest BCUT2D eigenvalue weighted by Gasteiger charge is 2.30. The van der Waals surface area contributed by atoms with Crippen molar-refractivity contribution in [2.24, 2.45) is 5.73 Å². The smallest absolute Gasteiger partial charge is 0.0270 e. The second kappa shape index (κ2) is 3.30. The first-order valence-corrected chi connectivity index (χ1v) is 4.63. The highest BCUT2D eigenvalue weighted by molar-refractivity contribution is 5.28. The molecule has 0 aromatic carbocycles. The molecule has 0 bridgehead atoms. The fraction of sp³-hybridized carbons (Fsp3) is 0.364. The molecule has 0 aliphatic heterocycles. The van der Waals surface area contributed by atoms with E-state index >= 15 is 0 Å². The lowest BCUT2D eigenvalue weighted by atomic mass is 9.79. The van der Waals surface area contributed by atoms with Crippen LogP contribution in [-0.4, -0.2) is 11.5 Å². The predicted molar refractivity (Wildman–Crippen MR) is 53.3 cm³/mol. The van der Waals surface area contributed by atoms with Gasteiger partial charge in [0.05, 0.1) is 0 Å². The van der Waals surface area contributed by atoms with Crippen LogP contribution >= 0.6 is 0 Å². The number of hydrogen-bond acceptors (Lipinski definition) is 2. The second-order valence-electron chi connectivity index (χ2n) is 3.60. The summed E-state index contributed by atoms with van der Waals surface area (Å²) >= 11 is 0. The van der Waals surface area contributed by atoms with Crippen LogP contribution in [0.15, 0.2) is 36.7 Å². The van der Waals surface area contributed by atoms with E-state index in [1.54, 1.807) is 0 Å². The summed E-state index contributed by atoms with van der Waals surface area (Å²) in [4.78, 5) is 4.02.